The minimum atomic E-state index is -0.488. The highest BCUT2D eigenvalue weighted by atomic mass is 79.9. The molecule has 0 bridgehead atoms. The van der Waals surface area contributed by atoms with E-state index in [2.05, 4.69) is 41.8 Å². The molecule has 2 heterocycles. The number of aryl methyl sites for hydroxylation is 2. The van der Waals surface area contributed by atoms with Gasteiger partial charge in [0.25, 0.3) is 0 Å². The second-order valence-electron chi connectivity index (χ2n) is 8.64. The van der Waals surface area contributed by atoms with E-state index in [1.165, 1.54) is 0 Å². The summed E-state index contributed by atoms with van der Waals surface area (Å²) in [7, 11) is 0. The van der Waals surface area contributed by atoms with Crippen molar-refractivity contribution in [2.24, 2.45) is 0 Å². The van der Waals surface area contributed by atoms with Gasteiger partial charge in [-0.2, -0.15) is 0 Å². The SMILES string of the molecule is Cc1cc(Br)cnc1C(=O)OC(C)(C)C.Cc1cc(Br)cnc1C(=O)OC(C)(C)C. The highest BCUT2D eigenvalue weighted by Crippen LogP contribution is 2.17. The first-order chi connectivity index (χ1) is 13.6. The highest BCUT2D eigenvalue weighted by molar-refractivity contribution is 9.10. The molecule has 0 fully saturated rings. The Morgan fingerprint density at radius 2 is 1.03 bits per heavy atom. The van der Waals surface area contributed by atoms with Crippen LogP contribution in [0.1, 0.15) is 73.6 Å². The monoisotopic (exact) mass is 542 g/mol. The van der Waals surface area contributed by atoms with Crippen LogP contribution in [0.3, 0.4) is 0 Å². The van der Waals surface area contributed by atoms with Crippen LogP contribution < -0.4 is 0 Å². The van der Waals surface area contributed by atoms with Crippen LogP contribution >= 0.6 is 31.9 Å². The lowest BCUT2D eigenvalue weighted by Crippen LogP contribution is -2.25. The molecule has 0 saturated heterocycles. The van der Waals surface area contributed by atoms with E-state index >= 15 is 0 Å². The normalized spacial score (nSPS) is 11.3. The van der Waals surface area contributed by atoms with Crippen LogP contribution in [-0.4, -0.2) is 33.1 Å². The van der Waals surface area contributed by atoms with E-state index in [1.54, 1.807) is 12.4 Å². The molecule has 2 aromatic rings. The minimum Gasteiger partial charge on any atom is -0.455 e. The van der Waals surface area contributed by atoms with Gasteiger partial charge in [-0.15, -0.1) is 0 Å². The van der Waals surface area contributed by atoms with E-state index in [0.717, 1.165) is 20.1 Å². The lowest BCUT2D eigenvalue weighted by atomic mass is 10.2. The molecule has 30 heavy (non-hydrogen) atoms. The van der Waals surface area contributed by atoms with Crippen LogP contribution in [0, 0.1) is 13.8 Å². The zero-order valence-corrected chi connectivity index (χ0v) is 21.8. The predicted molar refractivity (Wildman–Crippen MR) is 124 cm³/mol. The topological polar surface area (TPSA) is 78.4 Å². The van der Waals surface area contributed by atoms with Crippen molar-refractivity contribution >= 4 is 43.8 Å². The summed E-state index contributed by atoms with van der Waals surface area (Å²) in [6.07, 6.45) is 3.18. The number of rotatable bonds is 2. The first-order valence-electron chi connectivity index (χ1n) is 9.30. The molecular weight excluding hydrogens is 516 g/mol. The lowest BCUT2D eigenvalue weighted by molar-refractivity contribution is 0.00494. The van der Waals surface area contributed by atoms with Crippen LogP contribution in [0.2, 0.25) is 0 Å². The predicted octanol–water partition coefficient (Wildman–Crippen LogP) is 6.22. The maximum atomic E-state index is 11.7. The van der Waals surface area contributed by atoms with Gasteiger partial charge in [0.05, 0.1) is 0 Å². The Balaban J connectivity index is 0.000000300. The third-order valence-electron chi connectivity index (χ3n) is 3.27. The quantitative estimate of drug-likeness (QED) is 0.418. The van der Waals surface area contributed by atoms with Crippen molar-refractivity contribution in [2.45, 2.75) is 66.6 Å². The Bertz CT molecular complexity index is 841. The van der Waals surface area contributed by atoms with Gasteiger partial charge in [-0.25, -0.2) is 19.6 Å². The number of aromatic nitrogens is 2. The maximum absolute atomic E-state index is 11.7. The summed E-state index contributed by atoms with van der Waals surface area (Å²) in [5.41, 5.74) is 1.37. The van der Waals surface area contributed by atoms with Crippen LogP contribution in [0.4, 0.5) is 0 Å². The molecule has 2 rings (SSSR count). The molecule has 0 radical (unpaired) electrons. The molecule has 0 spiro atoms. The van der Waals surface area contributed by atoms with E-state index < -0.39 is 11.2 Å². The molecule has 0 amide bonds. The minimum absolute atomic E-state index is 0.369. The first kappa shape index (κ1) is 26.2. The molecule has 2 aromatic heterocycles. The third-order valence-corrected chi connectivity index (χ3v) is 4.14. The van der Waals surface area contributed by atoms with Gasteiger partial charge in [0, 0.05) is 21.3 Å². The van der Waals surface area contributed by atoms with Crippen molar-refractivity contribution in [3.63, 3.8) is 0 Å². The summed E-state index contributed by atoms with van der Waals surface area (Å²) >= 11 is 6.58. The first-order valence-corrected chi connectivity index (χ1v) is 10.9. The Labute approximate surface area is 195 Å². The number of esters is 2. The Morgan fingerprint density at radius 3 is 1.27 bits per heavy atom. The zero-order valence-electron chi connectivity index (χ0n) is 18.6. The summed E-state index contributed by atoms with van der Waals surface area (Å²) in [6.45, 7) is 14.7. The van der Waals surface area contributed by atoms with Crippen LogP contribution in [-0.2, 0) is 9.47 Å². The van der Waals surface area contributed by atoms with Gasteiger partial charge in [0.2, 0.25) is 0 Å². The fraction of sp³-hybridized carbons (Fsp3) is 0.455. The molecule has 164 valence electrons. The van der Waals surface area contributed by atoms with E-state index in [-0.39, 0.29) is 11.9 Å². The van der Waals surface area contributed by atoms with Gasteiger partial charge in [0.15, 0.2) is 11.4 Å². The molecule has 6 nitrogen and oxygen atoms in total. The largest absolute Gasteiger partial charge is 0.455 e. The maximum Gasteiger partial charge on any atom is 0.357 e. The highest BCUT2D eigenvalue weighted by Gasteiger charge is 2.21. The molecule has 0 aliphatic carbocycles. The second kappa shape index (κ2) is 10.5. The Hall–Kier alpha value is -1.80. The van der Waals surface area contributed by atoms with Gasteiger partial charge in [-0.05, 0) is 111 Å². The zero-order chi connectivity index (χ0) is 23.3. The van der Waals surface area contributed by atoms with E-state index in [9.17, 15) is 9.59 Å². The molecule has 0 aliphatic heterocycles. The fourth-order valence-corrected chi connectivity index (χ4v) is 3.05. The third kappa shape index (κ3) is 9.34. The summed E-state index contributed by atoms with van der Waals surface area (Å²) in [5, 5.41) is 0. The van der Waals surface area contributed by atoms with Crippen molar-refractivity contribution in [3.05, 3.63) is 56.0 Å². The average Bonchev–Trinajstić information content (AvgIpc) is 2.51. The summed E-state index contributed by atoms with van der Waals surface area (Å²) < 4.78 is 12.2. The van der Waals surface area contributed by atoms with Crippen LogP contribution in [0.25, 0.3) is 0 Å². The van der Waals surface area contributed by atoms with Crippen LogP contribution in [0.15, 0.2) is 33.5 Å². The summed E-state index contributed by atoms with van der Waals surface area (Å²) in [6, 6.07) is 3.68. The summed E-state index contributed by atoms with van der Waals surface area (Å²) in [5.74, 6) is -0.764. The number of pyridine rings is 2. The second-order valence-corrected chi connectivity index (χ2v) is 10.5. The van der Waals surface area contributed by atoms with Crippen molar-refractivity contribution < 1.29 is 19.1 Å². The van der Waals surface area contributed by atoms with Crippen molar-refractivity contribution in [2.75, 3.05) is 0 Å². The molecule has 0 atom stereocenters. The standard InChI is InChI=1S/2C11H14BrNO2/c2*1-7-5-8(12)6-13-9(7)10(14)15-11(2,3)4/h2*5-6H,1-4H3. The Kier molecular flexibility index (Phi) is 9.17. The number of carbonyl (C=O) groups excluding carboxylic acids is 2. The van der Waals surface area contributed by atoms with Crippen molar-refractivity contribution in [1.29, 1.82) is 0 Å². The molecule has 0 aromatic carbocycles. The average molecular weight is 544 g/mol. The number of nitrogens with zero attached hydrogens (tertiary/aromatic N) is 2. The van der Waals surface area contributed by atoms with Gasteiger partial charge in [-0.1, -0.05) is 0 Å². The number of ether oxygens (including phenoxy) is 2. The number of hydrogen-bond donors (Lipinski definition) is 0. The van der Waals surface area contributed by atoms with Gasteiger partial charge in [0.1, 0.15) is 11.2 Å². The number of halogens is 2. The van der Waals surface area contributed by atoms with Crippen LogP contribution in [0.5, 0.6) is 0 Å². The molecule has 0 N–H and O–H groups in total. The molecule has 8 heteroatoms. The smallest absolute Gasteiger partial charge is 0.357 e. The van der Waals surface area contributed by atoms with Crippen molar-refractivity contribution in [3.8, 4) is 0 Å². The lowest BCUT2D eigenvalue weighted by Gasteiger charge is -2.19. The number of hydrogen-bond acceptors (Lipinski definition) is 6. The summed E-state index contributed by atoms with van der Waals surface area (Å²) in [4.78, 5) is 31.5. The van der Waals surface area contributed by atoms with E-state index in [1.807, 2.05) is 67.5 Å². The number of carbonyl (C=O) groups is 2. The fourth-order valence-electron chi connectivity index (χ4n) is 2.16. The van der Waals surface area contributed by atoms with Gasteiger partial charge < -0.3 is 9.47 Å². The van der Waals surface area contributed by atoms with Gasteiger partial charge in [-0.3, -0.25) is 0 Å². The molecular formula is C22H28Br2N2O4. The molecule has 0 unspecified atom stereocenters. The molecule has 0 saturated carbocycles. The van der Waals surface area contributed by atoms with E-state index in [0.29, 0.717) is 11.4 Å². The van der Waals surface area contributed by atoms with Crippen molar-refractivity contribution in [1.82, 2.24) is 9.97 Å². The molecule has 0 aliphatic rings. The van der Waals surface area contributed by atoms with Gasteiger partial charge >= 0.3 is 11.9 Å². The Morgan fingerprint density at radius 1 is 0.733 bits per heavy atom. The van der Waals surface area contributed by atoms with E-state index in [4.69, 9.17) is 9.47 Å².